The van der Waals surface area contributed by atoms with Gasteiger partial charge in [-0.15, -0.1) is 0 Å². The highest BCUT2D eigenvalue weighted by molar-refractivity contribution is 5.27. The minimum Gasteiger partial charge on any atom is -0.389 e. The smallest absolute Gasteiger partial charge is 0.0762 e. The normalized spacial score (nSPS) is 19.1. The van der Waals surface area contributed by atoms with Gasteiger partial charge in [0.05, 0.1) is 6.10 Å². The fraction of sp³-hybridized carbons (Fsp3) is 0.565. The van der Waals surface area contributed by atoms with E-state index in [0.29, 0.717) is 12.5 Å². The largest absolute Gasteiger partial charge is 0.389 e. The second-order valence-electron chi connectivity index (χ2n) is 7.36. The predicted molar refractivity (Wildman–Crippen MR) is 108 cm³/mol. The van der Waals surface area contributed by atoms with Crippen LogP contribution in [0.4, 0.5) is 0 Å². The summed E-state index contributed by atoms with van der Waals surface area (Å²) in [6, 6.07) is 8.70. The van der Waals surface area contributed by atoms with E-state index in [2.05, 4.69) is 43.5 Å². The van der Waals surface area contributed by atoms with Gasteiger partial charge in [0.2, 0.25) is 0 Å². The summed E-state index contributed by atoms with van der Waals surface area (Å²) in [5, 5.41) is 10.4. The number of rotatable bonds is 10. The first-order chi connectivity index (χ1) is 12.1. The number of hydrogen-bond acceptors (Lipinski definition) is 2. The van der Waals surface area contributed by atoms with E-state index in [0.717, 1.165) is 19.4 Å². The third-order valence-electron chi connectivity index (χ3n) is 5.28. The first kappa shape index (κ1) is 19.8. The molecule has 138 valence electrons. The molecule has 1 N–H and O–H groups in total. The Morgan fingerprint density at radius 3 is 2.76 bits per heavy atom. The van der Waals surface area contributed by atoms with Crippen LogP contribution in [0.2, 0.25) is 0 Å². The lowest BCUT2D eigenvalue weighted by atomic mass is 10.0. The van der Waals surface area contributed by atoms with Gasteiger partial charge in [-0.05, 0) is 37.3 Å². The zero-order chi connectivity index (χ0) is 18.1. The Morgan fingerprint density at radius 1 is 1.24 bits per heavy atom. The average Bonchev–Trinajstić information content (AvgIpc) is 2.95. The Hall–Kier alpha value is -1.54. The fourth-order valence-electron chi connectivity index (χ4n) is 3.65. The van der Waals surface area contributed by atoms with Crippen molar-refractivity contribution in [3.05, 3.63) is 59.8 Å². The van der Waals surface area contributed by atoms with Crippen LogP contribution in [0, 0.1) is 6.92 Å². The van der Waals surface area contributed by atoms with Crippen LogP contribution in [0.5, 0.6) is 0 Å². The van der Waals surface area contributed by atoms with Gasteiger partial charge in [-0.25, -0.2) is 0 Å². The van der Waals surface area contributed by atoms with Gasteiger partial charge in [0.15, 0.2) is 0 Å². The van der Waals surface area contributed by atoms with Crippen molar-refractivity contribution in [2.24, 2.45) is 0 Å². The SMILES string of the molecule is C=C1CCC(/C=C/C(O)Cc2ccccc2C)N1CCCCCCC. The molecular weight excluding hydrogens is 306 g/mol. The Balaban J connectivity index is 1.83. The van der Waals surface area contributed by atoms with Crippen molar-refractivity contribution < 1.29 is 5.11 Å². The molecule has 0 bridgehead atoms. The molecule has 25 heavy (non-hydrogen) atoms. The molecule has 0 aromatic heterocycles. The van der Waals surface area contributed by atoms with Gasteiger partial charge < -0.3 is 10.0 Å². The maximum Gasteiger partial charge on any atom is 0.0762 e. The van der Waals surface area contributed by atoms with Gasteiger partial charge in [-0.2, -0.15) is 0 Å². The van der Waals surface area contributed by atoms with Crippen LogP contribution in [0.1, 0.15) is 63.0 Å². The Kier molecular flexibility index (Phi) is 8.27. The second kappa shape index (κ2) is 10.5. The van der Waals surface area contributed by atoms with E-state index in [1.54, 1.807) is 0 Å². The van der Waals surface area contributed by atoms with Gasteiger partial charge in [0.25, 0.3) is 0 Å². The van der Waals surface area contributed by atoms with E-state index in [-0.39, 0.29) is 0 Å². The molecular formula is C23H35NO. The number of likely N-dealkylation sites (tertiary alicyclic amines) is 1. The zero-order valence-corrected chi connectivity index (χ0v) is 16.1. The molecule has 2 heteroatoms. The standard InChI is InChI=1S/C23H35NO/c1-4-5-6-7-10-17-24-20(3)13-14-22(24)15-16-23(25)18-21-12-9-8-11-19(21)2/h8-9,11-12,15-16,22-23,25H,3-7,10,13-14,17-18H2,1-2H3/b16-15+. The van der Waals surface area contributed by atoms with Crippen molar-refractivity contribution in [2.75, 3.05) is 6.54 Å². The summed E-state index contributed by atoms with van der Waals surface area (Å²) >= 11 is 0. The summed E-state index contributed by atoms with van der Waals surface area (Å²) in [5.74, 6) is 0. The lowest BCUT2D eigenvalue weighted by Crippen LogP contribution is -2.27. The summed E-state index contributed by atoms with van der Waals surface area (Å²) in [6.45, 7) is 9.70. The van der Waals surface area contributed by atoms with Crippen molar-refractivity contribution in [1.29, 1.82) is 0 Å². The van der Waals surface area contributed by atoms with E-state index in [1.165, 1.54) is 48.9 Å². The molecule has 1 aliphatic heterocycles. The van der Waals surface area contributed by atoms with Gasteiger partial charge in [-0.3, -0.25) is 0 Å². The highest BCUT2D eigenvalue weighted by Gasteiger charge is 2.24. The molecule has 1 aromatic rings. The minimum atomic E-state index is -0.415. The number of aliphatic hydroxyl groups is 1. The number of unbranched alkanes of at least 4 members (excludes halogenated alkanes) is 4. The molecule has 1 heterocycles. The molecule has 0 aliphatic carbocycles. The average molecular weight is 342 g/mol. The van der Waals surface area contributed by atoms with E-state index in [1.807, 2.05) is 18.2 Å². The van der Waals surface area contributed by atoms with Gasteiger partial charge in [0, 0.05) is 24.7 Å². The van der Waals surface area contributed by atoms with Crippen LogP contribution in [-0.4, -0.2) is 28.7 Å². The molecule has 1 aliphatic rings. The molecule has 2 atom stereocenters. The molecule has 1 saturated heterocycles. The number of allylic oxidation sites excluding steroid dienone is 1. The predicted octanol–water partition coefficient (Wildman–Crippen LogP) is 5.40. The van der Waals surface area contributed by atoms with Gasteiger partial charge >= 0.3 is 0 Å². The van der Waals surface area contributed by atoms with Crippen LogP contribution in [0.25, 0.3) is 0 Å². The van der Waals surface area contributed by atoms with Crippen molar-refractivity contribution in [2.45, 2.75) is 77.4 Å². The van der Waals surface area contributed by atoms with Gasteiger partial charge in [-0.1, -0.05) is 75.6 Å². The molecule has 0 saturated carbocycles. The summed E-state index contributed by atoms with van der Waals surface area (Å²) in [7, 11) is 0. The van der Waals surface area contributed by atoms with E-state index >= 15 is 0 Å². The van der Waals surface area contributed by atoms with Crippen LogP contribution in [-0.2, 0) is 6.42 Å². The molecule has 1 fully saturated rings. The molecule has 2 rings (SSSR count). The summed E-state index contributed by atoms with van der Waals surface area (Å²) < 4.78 is 0. The molecule has 0 spiro atoms. The van der Waals surface area contributed by atoms with Crippen molar-refractivity contribution in [3.63, 3.8) is 0 Å². The second-order valence-corrected chi connectivity index (χ2v) is 7.36. The number of aryl methyl sites for hydroxylation is 1. The van der Waals surface area contributed by atoms with Crippen molar-refractivity contribution in [1.82, 2.24) is 4.90 Å². The minimum absolute atomic E-state index is 0.408. The quantitative estimate of drug-likeness (QED) is 0.455. The van der Waals surface area contributed by atoms with Crippen LogP contribution in [0.3, 0.4) is 0 Å². The van der Waals surface area contributed by atoms with Crippen molar-refractivity contribution >= 4 is 0 Å². The lowest BCUT2D eigenvalue weighted by molar-refractivity contribution is 0.221. The molecule has 2 unspecified atom stereocenters. The summed E-state index contributed by atoms with van der Waals surface area (Å²) in [6.07, 6.45) is 13.2. The number of hydrogen-bond donors (Lipinski definition) is 1. The number of benzene rings is 1. The topological polar surface area (TPSA) is 23.5 Å². The van der Waals surface area contributed by atoms with E-state index in [9.17, 15) is 5.11 Å². The van der Waals surface area contributed by atoms with Crippen LogP contribution < -0.4 is 0 Å². The van der Waals surface area contributed by atoms with Crippen molar-refractivity contribution in [3.8, 4) is 0 Å². The molecule has 2 nitrogen and oxygen atoms in total. The van der Waals surface area contributed by atoms with E-state index < -0.39 is 6.10 Å². The molecule has 1 aromatic carbocycles. The third-order valence-corrected chi connectivity index (χ3v) is 5.28. The Bertz CT molecular complexity index is 563. The Morgan fingerprint density at radius 2 is 2.00 bits per heavy atom. The molecule has 0 amide bonds. The highest BCUT2D eigenvalue weighted by Crippen LogP contribution is 2.27. The highest BCUT2D eigenvalue weighted by atomic mass is 16.3. The number of nitrogens with zero attached hydrogens (tertiary/aromatic N) is 1. The lowest BCUT2D eigenvalue weighted by Gasteiger charge is -2.25. The van der Waals surface area contributed by atoms with Crippen LogP contribution >= 0.6 is 0 Å². The van der Waals surface area contributed by atoms with Gasteiger partial charge in [0.1, 0.15) is 0 Å². The van der Waals surface area contributed by atoms with Crippen LogP contribution in [0.15, 0.2) is 48.7 Å². The zero-order valence-electron chi connectivity index (χ0n) is 16.1. The van der Waals surface area contributed by atoms with E-state index in [4.69, 9.17) is 0 Å². The summed E-state index contributed by atoms with van der Waals surface area (Å²) in [5.41, 5.74) is 3.74. The summed E-state index contributed by atoms with van der Waals surface area (Å²) in [4.78, 5) is 2.45. The maximum atomic E-state index is 10.4. The first-order valence-corrected chi connectivity index (χ1v) is 9.97. The molecule has 0 radical (unpaired) electrons. The first-order valence-electron chi connectivity index (χ1n) is 9.97. The maximum absolute atomic E-state index is 10.4. The third kappa shape index (κ3) is 6.36. The number of aliphatic hydroxyl groups excluding tert-OH is 1. The fourth-order valence-corrected chi connectivity index (χ4v) is 3.65. The monoisotopic (exact) mass is 341 g/mol. The Labute approximate surface area is 154 Å².